The van der Waals surface area contributed by atoms with Gasteiger partial charge in [-0.05, 0) is 98.5 Å². The number of benzene rings is 1. The topological polar surface area (TPSA) is 9.23 Å². The average Bonchev–Trinajstić information content (AvgIpc) is 2.33. The lowest BCUT2D eigenvalue weighted by Gasteiger charge is -2.30. The van der Waals surface area contributed by atoms with Crippen LogP contribution in [0.1, 0.15) is 26.7 Å². The molecular weight excluding hydrogens is 585 g/mol. The number of hydrogen-bond acceptors (Lipinski definition) is 2. The second kappa shape index (κ2) is 8.11. The van der Waals surface area contributed by atoms with E-state index in [0.717, 1.165) is 31.0 Å². The van der Waals surface area contributed by atoms with Crippen molar-refractivity contribution < 1.29 is 4.74 Å². The third-order valence-electron chi connectivity index (χ3n) is 3.32. The molecule has 0 saturated heterocycles. The highest BCUT2D eigenvalue weighted by atomic mass is 127. The van der Waals surface area contributed by atoms with Gasteiger partial charge in [0.25, 0.3) is 0 Å². The molecule has 0 aliphatic carbocycles. The van der Waals surface area contributed by atoms with Gasteiger partial charge in [0.15, 0.2) is 0 Å². The van der Waals surface area contributed by atoms with Gasteiger partial charge in [0.2, 0.25) is 0 Å². The maximum atomic E-state index is 6.09. The normalized spacial score (nSPS) is 11.7. The fourth-order valence-electron chi connectivity index (χ4n) is 1.62. The minimum atomic E-state index is 0.193. The van der Waals surface area contributed by atoms with Crippen molar-refractivity contribution in [1.29, 1.82) is 0 Å². The Morgan fingerprint density at radius 2 is 1.61 bits per heavy atom. The lowest BCUT2D eigenvalue weighted by Crippen LogP contribution is -2.29. The van der Waals surface area contributed by atoms with Gasteiger partial charge in [0.1, 0.15) is 5.75 Å². The van der Waals surface area contributed by atoms with E-state index in [9.17, 15) is 0 Å². The van der Waals surface area contributed by atoms with Crippen molar-refractivity contribution in [2.45, 2.75) is 26.7 Å². The molecule has 0 aliphatic rings. The Morgan fingerprint density at radius 3 is 2.00 bits per heavy atom. The van der Waals surface area contributed by atoms with Crippen molar-refractivity contribution in [3.63, 3.8) is 0 Å². The zero-order valence-electron chi connectivity index (χ0n) is 10.5. The van der Waals surface area contributed by atoms with Crippen LogP contribution in [0.4, 0.5) is 0 Å². The summed E-state index contributed by atoms with van der Waals surface area (Å²) in [6.45, 7) is 5.18. The van der Waals surface area contributed by atoms with Crippen molar-refractivity contribution in [3.05, 3.63) is 22.8 Å². The molecule has 0 amide bonds. The molecule has 0 heterocycles. The van der Waals surface area contributed by atoms with Crippen LogP contribution in [0.25, 0.3) is 0 Å². The smallest absolute Gasteiger partial charge is 0.146 e. The number of halogens is 3. The Morgan fingerprint density at radius 1 is 1.11 bits per heavy atom. The van der Waals surface area contributed by atoms with Crippen LogP contribution in [0.3, 0.4) is 0 Å². The summed E-state index contributed by atoms with van der Waals surface area (Å²) < 4.78 is 9.71. The van der Waals surface area contributed by atoms with E-state index in [1.165, 1.54) is 10.7 Å². The summed E-state index contributed by atoms with van der Waals surface area (Å²) in [5.74, 6) is 1.89. The van der Waals surface area contributed by atoms with E-state index in [-0.39, 0.29) is 5.41 Å². The Hall–Kier alpha value is 1.56. The molecule has 1 aromatic rings. The molecular formula is C13H17I3OS. The van der Waals surface area contributed by atoms with E-state index < -0.39 is 0 Å². The third kappa shape index (κ3) is 4.54. The Kier molecular flexibility index (Phi) is 7.94. The largest absolute Gasteiger partial charge is 0.491 e. The number of ether oxygens (including phenoxy) is 1. The minimum Gasteiger partial charge on any atom is -0.491 e. The third-order valence-corrected chi connectivity index (χ3v) is 6.22. The zero-order valence-corrected chi connectivity index (χ0v) is 17.8. The van der Waals surface area contributed by atoms with Gasteiger partial charge in [-0.15, -0.1) is 0 Å². The molecule has 0 N–H and O–H groups in total. The summed E-state index contributed by atoms with van der Waals surface area (Å²) in [4.78, 5) is 0. The van der Waals surface area contributed by atoms with Crippen LogP contribution in [-0.4, -0.2) is 12.4 Å². The van der Waals surface area contributed by atoms with Gasteiger partial charge in [0, 0.05) is 8.99 Å². The molecule has 0 unspecified atom stereocenters. The molecule has 0 aromatic heterocycles. The summed E-state index contributed by atoms with van der Waals surface area (Å²) >= 11 is 11.5. The summed E-state index contributed by atoms with van der Waals surface area (Å²) in [6.07, 6.45) is 2.20. The van der Waals surface area contributed by atoms with Crippen LogP contribution < -0.4 is 4.74 Å². The predicted molar refractivity (Wildman–Crippen MR) is 107 cm³/mol. The van der Waals surface area contributed by atoms with Gasteiger partial charge in [-0.25, -0.2) is 0 Å². The predicted octanol–water partition coefficient (Wildman–Crippen LogP) is 5.62. The SMILES string of the molecule is CCC(CC)(CS)COc1c(I)cc(I)cc1I. The number of hydrogen-bond donors (Lipinski definition) is 1. The molecule has 1 rings (SSSR count). The fourth-order valence-corrected chi connectivity index (χ4v) is 6.05. The van der Waals surface area contributed by atoms with E-state index in [4.69, 9.17) is 4.74 Å². The van der Waals surface area contributed by atoms with E-state index in [1.807, 2.05) is 0 Å². The van der Waals surface area contributed by atoms with Crippen molar-refractivity contribution in [2.24, 2.45) is 5.41 Å². The first-order valence-electron chi connectivity index (χ1n) is 5.86. The van der Waals surface area contributed by atoms with Gasteiger partial charge in [-0.1, -0.05) is 13.8 Å². The maximum Gasteiger partial charge on any atom is 0.146 e. The molecule has 102 valence electrons. The van der Waals surface area contributed by atoms with E-state index >= 15 is 0 Å². The fraction of sp³-hybridized carbons (Fsp3) is 0.538. The molecule has 1 aromatic carbocycles. The highest BCUT2D eigenvalue weighted by molar-refractivity contribution is 14.1. The van der Waals surface area contributed by atoms with E-state index in [1.54, 1.807) is 0 Å². The summed E-state index contributed by atoms with van der Waals surface area (Å²) in [5, 5.41) is 0. The highest BCUT2D eigenvalue weighted by Gasteiger charge is 2.26. The van der Waals surface area contributed by atoms with Crippen LogP contribution in [0, 0.1) is 16.1 Å². The van der Waals surface area contributed by atoms with E-state index in [2.05, 4.69) is 106 Å². The molecule has 0 bridgehead atoms. The monoisotopic (exact) mass is 602 g/mol. The van der Waals surface area contributed by atoms with Crippen molar-refractivity contribution in [2.75, 3.05) is 12.4 Å². The molecule has 0 radical (unpaired) electrons. The Balaban J connectivity index is 2.86. The first-order chi connectivity index (χ1) is 8.48. The molecule has 0 fully saturated rings. The van der Waals surface area contributed by atoms with Crippen LogP contribution in [-0.2, 0) is 0 Å². The average molecular weight is 602 g/mol. The van der Waals surface area contributed by atoms with Crippen LogP contribution in [0.5, 0.6) is 5.75 Å². The van der Waals surface area contributed by atoms with Crippen molar-refractivity contribution in [1.82, 2.24) is 0 Å². The van der Waals surface area contributed by atoms with Gasteiger partial charge >= 0.3 is 0 Å². The second-order valence-corrected chi connectivity index (χ2v) is 8.24. The van der Waals surface area contributed by atoms with Crippen molar-refractivity contribution >= 4 is 80.4 Å². The van der Waals surface area contributed by atoms with Crippen LogP contribution in [0.15, 0.2) is 12.1 Å². The molecule has 5 heteroatoms. The van der Waals surface area contributed by atoms with E-state index in [0.29, 0.717) is 0 Å². The number of rotatable bonds is 6. The maximum absolute atomic E-state index is 6.09. The first kappa shape index (κ1) is 17.6. The van der Waals surface area contributed by atoms with Gasteiger partial charge in [0.05, 0.1) is 13.7 Å². The summed E-state index contributed by atoms with van der Waals surface area (Å²) in [6, 6.07) is 4.30. The van der Waals surface area contributed by atoms with Crippen LogP contribution >= 0.6 is 80.4 Å². The number of thiol groups is 1. The lowest BCUT2D eigenvalue weighted by atomic mass is 9.85. The molecule has 18 heavy (non-hydrogen) atoms. The van der Waals surface area contributed by atoms with Gasteiger partial charge < -0.3 is 4.74 Å². The Labute approximate surface area is 156 Å². The Bertz CT molecular complexity index is 374. The molecule has 0 saturated carbocycles. The minimum absolute atomic E-state index is 0.193. The van der Waals surface area contributed by atoms with Gasteiger partial charge in [-0.2, -0.15) is 12.6 Å². The molecule has 1 nitrogen and oxygen atoms in total. The molecule has 0 atom stereocenters. The quantitative estimate of drug-likeness (QED) is 0.329. The zero-order chi connectivity index (χ0) is 13.8. The lowest BCUT2D eigenvalue weighted by molar-refractivity contribution is 0.155. The standard InChI is InChI=1S/C13H17I3OS/c1-3-13(4-2,8-18)7-17-12-10(15)5-9(14)6-11(12)16/h5-6,18H,3-4,7-8H2,1-2H3. The highest BCUT2D eigenvalue weighted by Crippen LogP contribution is 2.33. The summed E-state index contributed by atoms with van der Waals surface area (Å²) in [5.41, 5.74) is 0.193. The first-order valence-corrected chi connectivity index (χ1v) is 9.73. The van der Waals surface area contributed by atoms with Crippen LogP contribution in [0.2, 0.25) is 0 Å². The summed E-state index contributed by atoms with van der Waals surface area (Å²) in [7, 11) is 0. The molecule has 0 spiro atoms. The molecule has 0 aliphatic heterocycles. The van der Waals surface area contributed by atoms with Gasteiger partial charge in [-0.3, -0.25) is 0 Å². The second-order valence-electron chi connectivity index (χ2n) is 4.35. The van der Waals surface area contributed by atoms with Crippen molar-refractivity contribution in [3.8, 4) is 5.75 Å².